The molecule has 0 aliphatic carbocycles. The number of fused-ring (bicyclic) bond motifs is 1. The first-order chi connectivity index (χ1) is 9.05. The van der Waals surface area contributed by atoms with Crippen molar-refractivity contribution < 1.29 is 9.53 Å². The van der Waals surface area contributed by atoms with Crippen molar-refractivity contribution in [1.82, 2.24) is 4.98 Å². The lowest BCUT2D eigenvalue weighted by Crippen LogP contribution is -2.09. The third-order valence-electron chi connectivity index (χ3n) is 2.55. The van der Waals surface area contributed by atoms with Gasteiger partial charge in [-0.3, -0.25) is 9.59 Å². The highest BCUT2D eigenvalue weighted by Crippen LogP contribution is 2.26. The maximum absolute atomic E-state index is 11.9. The van der Waals surface area contributed by atoms with E-state index in [9.17, 15) is 9.59 Å². The lowest BCUT2D eigenvalue weighted by Gasteiger charge is -2.09. The maximum Gasteiger partial charge on any atom is 0.221 e. The van der Waals surface area contributed by atoms with Crippen LogP contribution < -0.4 is 15.5 Å². The molecule has 19 heavy (non-hydrogen) atoms. The molecule has 0 aliphatic heterocycles. The summed E-state index contributed by atoms with van der Waals surface area (Å²) in [6.07, 6.45) is 0. The summed E-state index contributed by atoms with van der Waals surface area (Å²) in [6.45, 7) is 1.38. The van der Waals surface area contributed by atoms with Crippen LogP contribution >= 0.6 is 0 Å². The zero-order valence-electron chi connectivity index (χ0n) is 10.4. The highest BCUT2D eigenvalue weighted by Gasteiger charge is 2.10. The number of pyridine rings is 1. The maximum atomic E-state index is 11.9. The van der Waals surface area contributed by atoms with Gasteiger partial charge in [0.15, 0.2) is 5.43 Å². The van der Waals surface area contributed by atoms with Crippen LogP contribution in [-0.4, -0.2) is 18.0 Å². The molecule has 96 valence electrons. The van der Waals surface area contributed by atoms with Gasteiger partial charge in [0.25, 0.3) is 0 Å². The predicted octanol–water partition coefficient (Wildman–Crippen LogP) is 1.37. The topological polar surface area (TPSA) is 95.0 Å². The van der Waals surface area contributed by atoms with Gasteiger partial charge in [0, 0.05) is 24.7 Å². The molecule has 0 spiro atoms. The zero-order valence-corrected chi connectivity index (χ0v) is 10.4. The Kier molecular flexibility index (Phi) is 3.21. The minimum absolute atomic E-state index is 0.152. The molecule has 0 atom stereocenters. The Hall–Kier alpha value is -2.81. The SMILES string of the molecule is COc1cc(NC(C)=O)cc2[nH]c(C#N)cc(=O)c12. The standard InChI is InChI=1S/C13H11N3O3/c1-7(17)15-8-3-10-13(12(5-8)19-2)11(18)4-9(6-14)16-10/h3-5H,1-2H3,(H,15,17)(H,16,18). The highest BCUT2D eigenvalue weighted by molar-refractivity contribution is 5.94. The van der Waals surface area contributed by atoms with Crippen LogP contribution in [0.1, 0.15) is 12.6 Å². The van der Waals surface area contributed by atoms with E-state index in [4.69, 9.17) is 10.00 Å². The van der Waals surface area contributed by atoms with Crippen molar-refractivity contribution in [3.8, 4) is 11.8 Å². The van der Waals surface area contributed by atoms with Crippen molar-refractivity contribution in [3.63, 3.8) is 0 Å². The molecule has 2 N–H and O–H groups in total. The first kappa shape index (κ1) is 12.6. The van der Waals surface area contributed by atoms with Gasteiger partial charge in [0.1, 0.15) is 17.5 Å². The summed E-state index contributed by atoms with van der Waals surface area (Å²) in [5.74, 6) is 0.104. The second-order valence-corrected chi connectivity index (χ2v) is 3.94. The van der Waals surface area contributed by atoms with Crippen LogP contribution in [0.25, 0.3) is 10.9 Å². The van der Waals surface area contributed by atoms with Crippen molar-refractivity contribution in [2.75, 3.05) is 12.4 Å². The van der Waals surface area contributed by atoms with Crippen LogP contribution in [0.3, 0.4) is 0 Å². The van der Waals surface area contributed by atoms with E-state index in [1.54, 1.807) is 12.1 Å². The van der Waals surface area contributed by atoms with Gasteiger partial charge in [-0.1, -0.05) is 0 Å². The quantitative estimate of drug-likeness (QED) is 0.849. The molecule has 1 aromatic heterocycles. The van der Waals surface area contributed by atoms with E-state index in [-0.39, 0.29) is 17.0 Å². The molecule has 0 aliphatic rings. The highest BCUT2D eigenvalue weighted by atomic mass is 16.5. The van der Waals surface area contributed by atoms with E-state index in [1.807, 2.05) is 6.07 Å². The van der Waals surface area contributed by atoms with Gasteiger partial charge in [0.05, 0.1) is 18.0 Å². The number of nitriles is 1. The molecule has 0 unspecified atom stereocenters. The Morgan fingerprint density at radius 2 is 2.16 bits per heavy atom. The first-order valence-corrected chi connectivity index (χ1v) is 5.48. The van der Waals surface area contributed by atoms with Gasteiger partial charge in [-0.05, 0) is 6.07 Å². The number of carbonyl (C=O) groups excluding carboxylic acids is 1. The number of hydrogen-bond donors (Lipinski definition) is 2. The smallest absolute Gasteiger partial charge is 0.221 e. The average molecular weight is 257 g/mol. The minimum Gasteiger partial charge on any atom is -0.496 e. The third kappa shape index (κ3) is 2.40. The second-order valence-electron chi connectivity index (χ2n) is 3.94. The van der Waals surface area contributed by atoms with Crippen molar-refractivity contribution >= 4 is 22.5 Å². The number of aromatic nitrogens is 1. The molecule has 1 aromatic carbocycles. The van der Waals surface area contributed by atoms with Crippen LogP contribution in [0.4, 0.5) is 5.69 Å². The molecule has 6 nitrogen and oxygen atoms in total. The number of nitrogens with zero attached hydrogens (tertiary/aromatic N) is 1. The Morgan fingerprint density at radius 3 is 2.74 bits per heavy atom. The summed E-state index contributed by atoms with van der Waals surface area (Å²) in [5, 5.41) is 11.8. The molecule has 0 fully saturated rings. The molecule has 1 amide bonds. The summed E-state index contributed by atoms with van der Waals surface area (Å²) in [6, 6.07) is 6.23. The number of carbonyl (C=O) groups is 1. The Labute approximate surface area is 108 Å². The van der Waals surface area contributed by atoms with Gasteiger partial charge < -0.3 is 15.0 Å². The van der Waals surface area contributed by atoms with Gasteiger partial charge in [0.2, 0.25) is 5.91 Å². The lowest BCUT2D eigenvalue weighted by molar-refractivity contribution is -0.114. The fraction of sp³-hybridized carbons (Fsp3) is 0.154. The largest absolute Gasteiger partial charge is 0.496 e. The second kappa shape index (κ2) is 4.82. The molecule has 2 aromatic rings. The van der Waals surface area contributed by atoms with Gasteiger partial charge in [-0.15, -0.1) is 0 Å². The number of anilines is 1. The minimum atomic E-state index is -0.309. The number of methoxy groups -OCH3 is 1. The van der Waals surface area contributed by atoms with Crippen LogP contribution in [-0.2, 0) is 4.79 Å². The van der Waals surface area contributed by atoms with E-state index in [0.29, 0.717) is 22.3 Å². The van der Waals surface area contributed by atoms with Crippen molar-refractivity contribution in [2.24, 2.45) is 0 Å². The number of aromatic amines is 1. The van der Waals surface area contributed by atoms with E-state index >= 15 is 0 Å². The number of amides is 1. The zero-order chi connectivity index (χ0) is 14.0. The normalized spacial score (nSPS) is 9.95. The van der Waals surface area contributed by atoms with Gasteiger partial charge >= 0.3 is 0 Å². The number of H-pyrrole nitrogens is 1. The van der Waals surface area contributed by atoms with Gasteiger partial charge in [-0.25, -0.2) is 0 Å². The van der Waals surface area contributed by atoms with Crippen molar-refractivity contribution in [2.45, 2.75) is 6.92 Å². The fourth-order valence-electron chi connectivity index (χ4n) is 1.85. The van der Waals surface area contributed by atoms with E-state index in [1.165, 1.54) is 20.1 Å². The van der Waals surface area contributed by atoms with Crippen LogP contribution in [0.2, 0.25) is 0 Å². The number of ether oxygens (including phenoxy) is 1. The number of nitrogens with one attached hydrogen (secondary N) is 2. The summed E-state index contributed by atoms with van der Waals surface area (Å²) in [4.78, 5) is 25.8. The summed E-state index contributed by atoms with van der Waals surface area (Å²) in [5.41, 5.74) is 0.769. The third-order valence-corrected chi connectivity index (χ3v) is 2.55. The first-order valence-electron chi connectivity index (χ1n) is 5.48. The van der Waals surface area contributed by atoms with Gasteiger partial charge in [-0.2, -0.15) is 5.26 Å². The monoisotopic (exact) mass is 257 g/mol. The predicted molar refractivity (Wildman–Crippen MR) is 70.1 cm³/mol. The van der Waals surface area contributed by atoms with Crippen LogP contribution in [0.5, 0.6) is 5.75 Å². The number of benzene rings is 1. The Balaban J connectivity index is 2.78. The molecular weight excluding hydrogens is 246 g/mol. The molecule has 0 saturated heterocycles. The molecule has 0 saturated carbocycles. The molecule has 6 heteroatoms. The summed E-state index contributed by atoms with van der Waals surface area (Å²) >= 11 is 0. The van der Waals surface area contributed by atoms with E-state index < -0.39 is 0 Å². The molecule has 2 rings (SSSR count). The Bertz CT molecular complexity index is 756. The summed E-state index contributed by atoms with van der Waals surface area (Å²) < 4.78 is 5.15. The van der Waals surface area contributed by atoms with Crippen LogP contribution in [0.15, 0.2) is 23.0 Å². The van der Waals surface area contributed by atoms with E-state index in [0.717, 1.165) is 0 Å². The number of hydrogen-bond acceptors (Lipinski definition) is 4. The van der Waals surface area contributed by atoms with Crippen molar-refractivity contribution in [3.05, 3.63) is 34.1 Å². The van der Waals surface area contributed by atoms with Crippen molar-refractivity contribution in [1.29, 1.82) is 5.26 Å². The Morgan fingerprint density at radius 1 is 1.42 bits per heavy atom. The average Bonchev–Trinajstić information content (AvgIpc) is 2.36. The summed E-state index contributed by atoms with van der Waals surface area (Å²) in [7, 11) is 1.43. The lowest BCUT2D eigenvalue weighted by atomic mass is 10.1. The van der Waals surface area contributed by atoms with Crippen LogP contribution in [0, 0.1) is 11.3 Å². The number of rotatable bonds is 2. The van der Waals surface area contributed by atoms with E-state index in [2.05, 4.69) is 10.3 Å². The molecule has 1 heterocycles. The molecule has 0 radical (unpaired) electrons. The molecular formula is C13H11N3O3. The molecule has 0 bridgehead atoms. The fourth-order valence-corrected chi connectivity index (χ4v) is 1.85.